The highest BCUT2D eigenvalue weighted by Gasteiger charge is 2.36. The molecule has 3 heteroatoms. The second-order valence-electron chi connectivity index (χ2n) is 9.71. The zero-order valence-corrected chi connectivity index (χ0v) is 18.8. The van der Waals surface area contributed by atoms with Gasteiger partial charge in [-0.3, -0.25) is 9.80 Å². The minimum absolute atomic E-state index is 0.319. The van der Waals surface area contributed by atoms with Crippen LogP contribution in [0.5, 0.6) is 0 Å². The molecule has 2 aromatic carbocycles. The normalized spacial score (nSPS) is 29.3. The minimum atomic E-state index is 0.319. The minimum Gasteiger partial charge on any atom is -0.298 e. The monoisotopic (exact) mass is 422 g/mol. The third-order valence-corrected chi connectivity index (χ3v) is 8.30. The van der Waals surface area contributed by atoms with Gasteiger partial charge in [0.05, 0.1) is 6.04 Å². The molecule has 2 aliphatic carbocycles. The molecule has 5 rings (SSSR count). The molecule has 1 saturated heterocycles. The van der Waals surface area contributed by atoms with Gasteiger partial charge in [-0.2, -0.15) is 0 Å². The number of hydrogen-bond acceptors (Lipinski definition) is 2. The van der Waals surface area contributed by atoms with E-state index in [0.717, 1.165) is 36.0 Å². The second kappa shape index (κ2) is 9.42. The van der Waals surface area contributed by atoms with Crippen LogP contribution in [0.25, 0.3) is 0 Å². The van der Waals surface area contributed by atoms with Crippen LogP contribution in [0, 0.1) is 11.8 Å². The van der Waals surface area contributed by atoms with Gasteiger partial charge in [-0.25, -0.2) is 0 Å². The molecule has 0 N–H and O–H groups in total. The van der Waals surface area contributed by atoms with Crippen molar-refractivity contribution in [3.05, 3.63) is 70.7 Å². The maximum Gasteiger partial charge on any atom is 0.0602 e. The van der Waals surface area contributed by atoms with E-state index in [1.807, 2.05) is 12.1 Å². The van der Waals surface area contributed by atoms with Crippen LogP contribution in [-0.4, -0.2) is 42.0 Å². The predicted molar refractivity (Wildman–Crippen MR) is 126 cm³/mol. The number of benzene rings is 2. The van der Waals surface area contributed by atoms with Crippen molar-refractivity contribution in [3.8, 4) is 0 Å². The average Bonchev–Trinajstić information content (AvgIpc) is 2.81. The largest absolute Gasteiger partial charge is 0.298 e. The van der Waals surface area contributed by atoms with E-state index in [2.05, 4.69) is 52.3 Å². The lowest BCUT2D eigenvalue weighted by molar-refractivity contribution is 0.0314. The Morgan fingerprint density at radius 2 is 1.37 bits per heavy atom. The van der Waals surface area contributed by atoms with E-state index in [9.17, 15) is 0 Å². The Hall–Kier alpha value is -1.35. The summed E-state index contributed by atoms with van der Waals surface area (Å²) in [5.74, 6) is 2.06. The number of piperazine rings is 1. The third-order valence-electron chi connectivity index (χ3n) is 8.04. The summed E-state index contributed by atoms with van der Waals surface area (Å²) in [4.78, 5) is 5.51. The Bertz CT molecular complexity index is 797. The first-order valence-corrected chi connectivity index (χ1v) is 12.4. The van der Waals surface area contributed by atoms with Crippen LogP contribution in [0.1, 0.15) is 62.1 Å². The van der Waals surface area contributed by atoms with Crippen molar-refractivity contribution in [2.24, 2.45) is 11.8 Å². The van der Waals surface area contributed by atoms with Crippen LogP contribution >= 0.6 is 11.6 Å². The van der Waals surface area contributed by atoms with Crippen LogP contribution in [0.4, 0.5) is 0 Å². The average molecular weight is 423 g/mol. The Balaban J connectivity index is 1.27. The van der Waals surface area contributed by atoms with E-state index in [1.54, 1.807) is 0 Å². The van der Waals surface area contributed by atoms with Crippen molar-refractivity contribution < 1.29 is 0 Å². The SMILES string of the molecule is Clc1ccc(C(c2ccccc2)N2CCN(C3CCC4CCCCC4C3)CC2)cc1. The molecule has 0 amide bonds. The Morgan fingerprint density at radius 3 is 2.10 bits per heavy atom. The van der Waals surface area contributed by atoms with E-state index in [0.29, 0.717) is 6.04 Å². The highest BCUT2D eigenvalue weighted by molar-refractivity contribution is 6.30. The number of nitrogens with zero attached hydrogens (tertiary/aromatic N) is 2. The Morgan fingerprint density at radius 1 is 0.700 bits per heavy atom. The van der Waals surface area contributed by atoms with Gasteiger partial charge in [0.15, 0.2) is 0 Å². The first-order valence-electron chi connectivity index (χ1n) is 12.1. The smallest absolute Gasteiger partial charge is 0.0602 e. The van der Waals surface area contributed by atoms with Crippen molar-refractivity contribution >= 4 is 11.6 Å². The molecule has 4 unspecified atom stereocenters. The summed E-state index contributed by atoms with van der Waals surface area (Å²) in [6.45, 7) is 4.71. The summed E-state index contributed by atoms with van der Waals surface area (Å²) in [5.41, 5.74) is 2.73. The number of halogens is 1. The summed E-state index contributed by atoms with van der Waals surface area (Å²) in [5, 5.41) is 0.814. The predicted octanol–water partition coefficient (Wildman–Crippen LogP) is 6.41. The van der Waals surface area contributed by atoms with Gasteiger partial charge in [0.25, 0.3) is 0 Å². The van der Waals surface area contributed by atoms with Crippen LogP contribution in [0.15, 0.2) is 54.6 Å². The van der Waals surface area contributed by atoms with Crippen LogP contribution in [0.2, 0.25) is 5.02 Å². The molecular weight excluding hydrogens is 388 g/mol. The fourth-order valence-electron chi connectivity index (χ4n) is 6.44. The molecule has 30 heavy (non-hydrogen) atoms. The second-order valence-corrected chi connectivity index (χ2v) is 10.1. The van der Waals surface area contributed by atoms with Gasteiger partial charge in [-0.1, -0.05) is 79.7 Å². The molecular formula is C27H35ClN2. The summed E-state index contributed by atoms with van der Waals surface area (Å²) >= 11 is 6.18. The molecule has 0 aromatic heterocycles. The van der Waals surface area contributed by atoms with Gasteiger partial charge in [0, 0.05) is 37.2 Å². The quantitative estimate of drug-likeness (QED) is 0.561. The maximum absolute atomic E-state index is 6.18. The maximum atomic E-state index is 6.18. The Labute approximate surface area is 187 Å². The molecule has 2 aromatic rings. The molecule has 1 heterocycles. The van der Waals surface area contributed by atoms with Crippen molar-refractivity contribution in [2.45, 2.75) is 57.0 Å². The zero-order chi connectivity index (χ0) is 20.3. The van der Waals surface area contributed by atoms with E-state index in [-0.39, 0.29) is 0 Å². The summed E-state index contributed by atoms with van der Waals surface area (Å²) in [6, 6.07) is 20.6. The molecule has 4 atom stereocenters. The van der Waals surface area contributed by atoms with E-state index in [1.165, 1.54) is 69.2 Å². The van der Waals surface area contributed by atoms with Gasteiger partial charge < -0.3 is 0 Å². The van der Waals surface area contributed by atoms with E-state index < -0.39 is 0 Å². The standard InChI is InChI=1S/C27H35ClN2/c28-25-13-10-23(11-14-25)27(22-7-2-1-3-8-22)30-18-16-29(17-19-30)26-15-12-21-6-4-5-9-24(21)20-26/h1-3,7-8,10-11,13-14,21,24,26-27H,4-6,9,12,15-20H2. The molecule has 160 valence electrons. The zero-order valence-electron chi connectivity index (χ0n) is 18.1. The molecule has 3 aliphatic rings. The lowest BCUT2D eigenvalue weighted by atomic mass is 9.69. The van der Waals surface area contributed by atoms with Crippen LogP contribution in [0.3, 0.4) is 0 Å². The number of fused-ring (bicyclic) bond motifs is 1. The summed E-state index contributed by atoms with van der Waals surface area (Å²) in [7, 11) is 0. The molecule has 2 nitrogen and oxygen atoms in total. The Kier molecular flexibility index (Phi) is 6.45. The van der Waals surface area contributed by atoms with Crippen LogP contribution in [-0.2, 0) is 0 Å². The molecule has 0 bridgehead atoms. The van der Waals surface area contributed by atoms with Gasteiger partial charge in [0.2, 0.25) is 0 Å². The van der Waals surface area contributed by atoms with E-state index >= 15 is 0 Å². The van der Waals surface area contributed by atoms with Crippen molar-refractivity contribution in [3.63, 3.8) is 0 Å². The fraction of sp³-hybridized carbons (Fsp3) is 0.556. The first-order chi connectivity index (χ1) is 14.8. The van der Waals surface area contributed by atoms with Gasteiger partial charge in [-0.15, -0.1) is 0 Å². The molecule has 1 aliphatic heterocycles. The first kappa shape index (κ1) is 20.5. The molecule has 3 fully saturated rings. The lowest BCUT2D eigenvalue weighted by Crippen LogP contribution is -2.53. The van der Waals surface area contributed by atoms with Crippen molar-refractivity contribution in [1.29, 1.82) is 0 Å². The van der Waals surface area contributed by atoms with Gasteiger partial charge in [-0.05, 0) is 54.4 Å². The van der Waals surface area contributed by atoms with E-state index in [4.69, 9.17) is 11.6 Å². The van der Waals surface area contributed by atoms with Crippen LogP contribution < -0.4 is 0 Å². The highest BCUT2D eigenvalue weighted by atomic mass is 35.5. The summed E-state index contributed by atoms with van der Waals surface area (Å²) < 4.78 is 0. The molecule has 2 saturated carbocycles. The van der Waals surface area contributed by atoms with Gasteiger partial charge >= 0.3 is 0 Å². The molecule has 0 spiro atoms. The summed E-state index contributed by atoms with van der Waals surface area (Å²) in [6.07, 6.45) is 10.3. The van der Waals surface area contributed by atoms with Crippen molar-refractivity contribution in [1.82, 2.24) is 9.80 Å². The number of rotatable bonds is 4. The molecule has 0 radical (unpaired) electrons. The van der Waals surface area contributed by atoms with Crippen molar-refractivity contribution in [2.75, 3.05) is 26.2 Å². The third kappa shape index (κ3) is 4.47. The fourth-order valence-corrected chi connectivity index (χ4v) is 6.56. The topological polar surface area (TPSA) is 6.48 Å². The lowest BCUT2D eigenvalue weighted by Gasteiger charge is -2.47. The highest BCUT2D eigenvalue weighted by Crippen LogP contribution is 2.42. The number of hydrogen-bond donors (Lipinski definition) is 0. The van der Waals surface area contributed by atoms with Gasteiger partial charge in [0.1, 0.15) is 0 Å².